The van der Waals surface area contributed by atoms with Crippen molar-refractivity contribution >= 4 is 5.69 Å². The molecular weight excluding hydrogens is 316 g/mol. The summed E-state index contributed by atoms with van der Waals surface area (Å²) in [7, 11) is 3.38. The summed E-state index contributed by atoms with van der Waals surface area (Å²) in [6.07, 6.45) is 0. The van der Waals surface area contributed by atoms with Crippen LogP contribution >= 0.6 is 0 Å². The Kier molecular flexibility index (Phi) is 6.01. The molecule has 0 atom stereocenters. The number of hydrogen-bond donors (Lipinski definition) is 0. The molecule has 5 nitrogen and oxygen atoms in total. The van der Waals surface area contributed by atoms with Gasteiger partial charge in [-0.25, -0.2) is 0 Å². The smallest absolute Gasteiger partial charge is 0.120 e. The van der Waals surface area contributed by atoms with Crippen molar-refractivity contribution in [2.45, 2.75) is 0 Å². The highest BCUT2D eigenvalue weighted by atomic mass is 16.5. The number of piperazine rings is 1. The summed E-state index contributed by atoms with van der Waals surface area (Å²) in [4.78, 5) is 4.85. The van der Waals surface area contributed by atoms with Gasteiger partial charge in [0.2, 0.25) is 0 Å². The number of rotatable bonds is 7. The summed E-state index contributed by atoms with van der Waals surface area (Å²) >= 11 is 0. The molecule has 1 saturated heterocycles. The number of methoxy groups -OCH3 is 2. The monoisotopic (exact) mass is 342 g/mol. The van der Waals surface area contributed by atoms with Crippen molar-refractivity contribution in [3.8, 4) is 17.2 Å². The second kappa shape index (κ2) is 8.62. The molecular formula is C20H26N2O3. The zero-order chi connectivity index (χ0) is 17.5. The Balaban J connectivity index is 1.41. The fraction of sp³-hybridized carbons (Fsp3) is 0.400. The SMILES string of the molecule is COc1ccc(OCCN2CCN(c3cccc(OC)c3)CC2)cc1. The second-order valence-corrected chi connectivity index (χ2v) is 6.05. The van der Waals surface area contributed by atoms with Crippen molar-refractivity contribution in [3.63, 3.8) is 0 Å². The van der Waals surface area contributed by atoms with Gasteiger partial charge in [-0.15, -0.1) is 0 Å². The van der Waals surface area contributed by atoms with Crippen molar-refractivity contribution in [1.82, 2.24) is 4.90 Å². The average Bonchev–Trinajstić information content (AvgIpc) is 2.69. The summed E-state index contributed by atoms with van der Waals surface area (Å²) in [5.74, 6) is 2.64. The Bertz CT molecular complexity index is 652. The van der Waals surface area contributed by atoms with Crippen LogP contribution in [0.15, 0.2) is 48.5 Å². The van der Waals surface area contributed by atoms with E-state index < -0.39 is 0 Å². The van der Waals surface area contributed by atoms with E-state index in [0.717, 1.165) is 50.0 Å². The Morgan fingerprint density at radius 2 is 1.48 bits per heavy atom. The van der Waals surface area contributed by atoms with Crippen LogP contribution in [0, 0.1) is 0 Å². The average molecular weight is 342 g/mol. The predicted octanol–water partition coefficient (Wildman–Crippen LogP) is 2.90. The van der Waals surface area contributed by atoms with Gasteiger partial charge in [0.1, 0.15) is 23.9 Å². The van der Waals surface area contributed by atoms with Crippen LogP contribution in [-0.2, 0) is 0 Å². The zero-order valence-electron chi connectivity index (χ0n) is 15.0. The normalized spacial score (nSPS) is 15.0. The molecule has 2 aromatic carbocycles. The lowest BCUT2D eigenvalue weighted by atomic mass is 10.2. The molecule has 25 heavy (non-hydrogen) atoms. The Morgan fingerprint density at radius 1 is 0.800 bits per heavy atom. The van der Waals surface area contributed by atoms with Gasteiger partial charge in [0.15, 0.2) is 0 Å². The van der Waals surface area contributed by atoms with E-state index in [0.29, 0.717) is 6.61 Å². The molecule has 0 bridgehead atoms. The minimum Gasteiger partial charge on any atom is -0.497 e. The van der Waals surface area contributed by atoms with E-state index in [1.165, 1.54) is 5.69 Å². The Labute approximate surface area is 149 Å². The molecule has 1 aliphatic rings. The number of benzene rings is 2. The van der Waals surface area contributed by atoms with E-state index in [1.54, 1.807) is 14.2 Å². The van der Waals surface area contributed by atoms with Crippen LogP contribution in [0.5, 0.6) is 17.2 Å². The van der Waals surface area contributed by atoms with E-state index in [-0.39, 0.29) is 0 Å². The molecule has 0 unspecified atom stereocenters. The molecule has 1 fully saturated rings. The molecule has 1 heterocycles. The fourth-order valence-electron chi connectivity index (χ4n) is 3.00. The lowest BCUT2D eigenvalue weighted by Crippen LogP contribution is -2.47. The maximum absolute atomic E-state index is 5.82. The molecule has 1 aliphatic heterocycles. The summed E-state index contributed by atoms with van der Waals surface area (Å²) in [6, 6.07) is 16.0. The first kappa shape index (κ1) is 17.4. The molecule has 0 aromatic heterocycles. The molecule has 5 heteroatoms. The first-order chi connectivity index (χ1) is 12.3. The molecule has 2 aromatic rings. The van der Waals surface area contributed by atoms with Gasteiger partial charge in [0, 0.05) is 44.5 Å². The number of hydrogen-bond acceptors (Lipinski definition) is 5. The second-order valence-electron chi connectivity index (χ2n) is 6.05. The van der Waals surface area contributed by atoms with Crippen molar-refractivity contribution < 1.29 is 14.2 Å². The topological polar surface area (TPSA) is 34.2 Å². The minimum absolute atomic E-state index is 0.700. The van der Waals surface area contributed by atoms with E-state index in [2.05, 4.69) is 21.9 Å². The van der Waals surface area contributed by atoms with E-state index >= 15 is 0 Å². The molecule has 0 aliphatic carbocycles. The summed E-state index contributed by atoms with van der Waals surface area (Å²) < 4.78 is 16.3. The fourth-order valence-corrected chi connectivity index (χ4v) is 3.00. The van der Waals surface area contributed by atoms with Gasteiger partial charge in [-0.3, -0.25) is 4.90 Å². The van der Waals surface area contributed by atoms with Crippen LogP contribution in [0.4, 0.5) is 5.69 Å². The summed E-state index contributed by atoms with van der Waals surface area (Å²) in [5, 5.41) is 0. The summed E-state index contributed by atoms with van der Waals surface area (Å²) in [6.45, 7) is 5.78. The van der Waals surface area contributed by atoms with Gasteiger partial charge >= 0.3 is 0 Å². The number of nitrogens with zero attached hydrogens (tertiary/aromatic N) is 2. The van der Waals surface area contributed by atoms with Crippen molar-refractivity contribution in [3.05, 3.63) is 48.5 Å². The highest BCUT2D eigenvalue weighted by Crippen LogP contribution is 2.22. The molecule has 0 radical (unpaired) electrons. The lowest BCUT2D eigenvalue weighted by molar-refractivity contribution is 0.200. The molecule has 0 saturated carbocycles. The first-order valence-corrected chi connectivity index (χ1v) is 8.67. The van der Waals surface area contributed by atoms with Crippen LogP contribution < -0.4 is 19.1 Å². The minimum atomic E-state index is 0.700. The first-order valence-electron chi connectivity index (χ1n) is 8.67. The van der Waals surface area contributed by atoms with Gasteiger partial charge in [0.25, 0.3) is 0 Å². The third-order valence-corrected chi connectivity index (χ3v) is 4.53. The molecule has 3 rings (SSSR count). The Morgan fingerprint density at radius 3 is 2.16 bits per heavy atom. The number of anilines is 1. The van der Waals surface area contributed by atoms with Crippen molar-refractivity contribution in [2.75, 3.05) is 58.5 Å². The van der Waals surface area contributed by atoms with Gasteiger partial charge < -0.3 is 19.1 Å². The molecule has 0 spiro atoms. The van der Waals surface area contributed by atoms with Crippen LogP contribution in [0.3, 0.4) is 0 Å². The van der Waals surface area contributed by atoms with E-state index in [4.69, 9.17) is 14.2 Å². The van der Waals surface area contributed by atoms with Gasteiger partial charge in [0.05, 0.1) is 14.2 Å². The highest BCUT2D eigenvalue weighted by Gasteiger charge is 2.17. The standard InChI is InChI=1S/C20H26N2O3/c1-23-18-6-8-19(9-7-18)25-15-14-21-10-12-22(13-11-21)17-4-3-5-20(16-17)24-2/h3-9,16H,10-15H2,1-2H3. The summed E-state index contributed by atoms with van der Waals surface area (Å²) in [5.41, 5.74) is 1.23. The maximum Gasteiger partial charge on any atom is 0.120 e. The quantitative estimate of drug-likeness (QED) is 0.773. The van der Waals surface area contributed by atoms with Crippen LogP contribution in [0.1, 0.15) is 0 Å². The van der Waals surface area contributed by atoms with E-state index in [1.807, 2.05) is 36.4 Å². The largest absolute Gasteiger partial charge is 0.497 e. The van der Waals surface area contributed by atoms with Crippen LogP contribution in [0.2, 0.25) is 0 Å². The van der Waals surface area contributed by atoms with Crippen LogP contribution in [0.25, 0.3) is 0 Å². The van der Waals surface area contributed by atoms with Crippen molar-refractivity contribution in [1.29, 1.82) is 0 Å². The predicted molar refractivity (Wildman–Crippen MR) is 100 cm³/mol. The molecule has 134 valence electrons. The zero-order valence-corrected chi connectivity index (χ0v) is 15.0. The highest BCUT2D eigenvalue weighted by molar-refractivity contribution is 5.51. The lowest BCUT2D eigenvalue weighted by Gasteiger charge is -2.36. The molecule has 0 amide bonds. The Hall–Kier alpha value is -2.40. The van der Waals surface area contributed by atoms with Gasteiger partial charge in [-0.2, -0.15) is 0 Å². The van der Waals surface area contributed by atoms with Gasteiger partial charge in [-0.05, 0) is 36.4 Å². The maximum atomic E-state index is 5.82. The van der Waals surface area contributed by atoms with Crippen LogP contribution in [-0.4, -0.2) is 58.5 Å². The van der Waals surface area contributed by atoms with E-state index in [9.17, 15) is 0 Å². The van der Waals surface area contributed by atoms with Gasteiger partial charge in [-0.1, -0.05) is 6.07 Å². The third kappa shape index (κ3) is 4.79. The van der Waals surface area contributed by atoms with Crippen molar-refractivity contribution in [2.24, 2.45) is 0 Å². The number of ether oxygens (including phenoxy) is 3. The molecule has 0 N–H and O–H groups in total. The third-order valence-electron chi connectivity index (χ3n) is 4.53.